The summed E-state index contributed by atoms with van der Waals surface area (Å²) in [5.41, 5.74) is 1.76. The summed E-state index contributed by atoms with van der Waals surface area (Å²) in [7, 11) is -1.97. The zero-order valence-electron chi connectivity index (χ0n) is 16.5. The van der Waals surface area contributed by atoms with Gasteiger partial charge in [-0.05, 0) is 30.3 Å². The first-order valence-corrected chi connectivity index (χ1v) is 11.0. The number of methoxy groups -OCH3 is 1. The Balaban J connectivity index is 1.45. The number of nitrogens with one attached hydrogen (secondary N) is 1. The number of nitrogens with zero attached hydrogens (tertiary/aromatic N) is 3. The molecule has 1 saturated heterocycles. The first-order chi connectivity index (χ1) is 14.5. The number of H-pyrrole nitrogens is 1. The van der Waals surface area contributed by atoms with Crippen molar-refractivity contribution in [2.24, 2.45) is 0 Å². The van der Waals surface area contributed by atoms with Crippen molar-refractivity contribution in [3.63, 3.8) is 0 Å². The van der Waals surface area contributed by atoms with Gasteiger partial charge in [0.2, 0.25) is 10.0 Å². The lowest BCUT2D eigenvalue weighted by atomic mass is 10.1. The largest absolute Gasteiger partial charge is 0.496 e. The molecule has 0 unspecified atom stereocenters. The zero-order chi connectivity index (χ0) is 21.1. The molecule has 1 fully saturated rings. The van der Waals surface area contributed by atoms with E-state index in [1.165, 1.54) is 4.31 Å². The summed E-state index contributed by atoms with van der Waals surface area (Å²) in [5, 5.41) is 7.04. The van der Waals surface area contributed by atoms with Crippen molar-refractivity contribution < 1.29 is 17.9 Å². The van der Waals surface area contributed by atoms with Crippen LogP contribution in [0, 0.1) is 0 Å². The molecule has 2 heterocycles. The maximum Gasteiger partial charge on any atom is 0.271 e. The third kappa shape index (κ3) is 3.81. The second-order valence-electron chi connectivity index (χ2n) is 6.88. The van der Waals surface area contributed by atoms with Crippen LogP contribution in [0.3, 0.4) is 0 Å². The van der Waals surface area contributed by atoms with Crippen molar-refractivity contribution in [1.82, 2.24) is 19.4 Å². The molecule has 156 valence electrons. The number of ether oxygens (including phenoxy) is 1. The van der Waals surface area contributed by atoms with E-state index in [4.69, 9.17) is 4.74 Å². The van der Waals surface area contributed by atoms with E-state index in [0.29, 0.717) is 30.2 Å². The number of aromatic nitrogens is 2. The molecule has 2 aromatic carbocycles. The summed E-state index contributed by atoms with van der Waals surface area (Å²) < 4.78 is 32.3. The quantitative estimate of drug-likeness (QED) is 0.675. The van der Waals surface area contributed by atoms with E-state index in [9.17, 15) is 13.2 Å². The van der Waals surface area contributed by atoms with Crippen molar-refractivity contribution in [3.8, 4) is 17.0 Å². The summed E-state index contributed by atoms with van der Waals surface area (Å²) in [6, 6.07) is 17.5. The molecule has 0 saturated carbocycles. The lowest BCUT2D eigenvalue weighted by Crippen LogP contribution is -2.50. The van der Waals surface area contributed by atoms with E-state index in [1.807, 2.05) is 24.3 Å². The average molecular weight is 426 g/mol. The van der Waals surface area contributed by atoms with Gasteiger partial charge in [-0.3, -0.25) is 9.89 Å². The van der Waals surface area contributed by atoms with Gasteiger partial charge in [-0.1, -0.05) is 30.3 Å². The number of hydrogen-bond donors (Lipinski definition) is 1. The Bertz CT molecular complexity index is 1140. The molecule has 0 spiro atoms. The van der Waals surface area contributed by atoms with E-state index < -0.39 is 10.0 Å². The molecule has 1 aliphatic rings. The number of amides is 1. The molecule has 0 aliphatic carbocycles. The minimum Gasteiger partial charge on any atom is -0.496 e. The number of piperazine rings is 1. The molecule has 8 nitrogen and oxygen atoms in total. The van der Waals surface area contributed by atoms with Crippen molar-refractivity contribution in [3.05, 3.63) is 66.4 Å². The first kappa shape index (κ1) is 20.1. The Hall–Kier alpha value is -3.17. The molecule has 1 aromatic heterocycles. The Morgan fingerprint density at radius 3 is 2.37 bits per heavy atom. The van der Waals surface area contributed by atoms with Crippen LogP contribution in [0.4, 0.5) is 0 Å². The highest BCUT2D eigenvalue weighted by molar-refractivity contribution is 7.89. The minimum absolute atomic E-state index is 0.208. The van der Waals surface area contributed by atoms with Crippen LogP contribution >= 0.6 is 0 Å². The number of carbonyl (C=O) groups excluding carboxylic acids is 1. The van der Waals surface area contributed by atoms with Gasteiger partial charge in [0.15, 0.2) is 0 Å². The fourth-order valence-corrected chi connectivity index (χ4v) is 4.91. The van der Waals surface area contributed by atoms with Crippen LogP contribution in [0.5, 0.6) is 5.75 Å². The highest BCUT2D eigenvalue weighted by atomic mass is 32.2. The van der Waals surface area contributed by atoms with E-state index in [-0.39, 0.29) is 23.9 Å². The maximum atomic E-state index is 12.9. The molecule has 0 radical (unpaired) electrons. The number of sulfonamides is 1. The van der Waals surface area contributed by atoms with Gasteiger partial charge in [-0.25, -0.2) is 8.42 Å². The van der Waals surface area contributed by atoms with E-state index in [0.717, 1.165) is 5.56 Å². The topological polar surface area (TPSA) is 95.6 Å². The highest BCUT2D eigenvalue weighted by Crippen LogP contribution is 2.28. The van der Waals surface area contributed by atoms with Gasteiger partial charge < -0.3 is 9.64 Å². The Morgan fingerprint density at radius 2 is 1.67 bits per heavy atom. The van der Waals surface area contributed by atoms with E-state index in [1.54, 1.807) is 48.4 Å². The average Bonchev–Trinajstić information content (AvgIpc) is 3.29. The van der Waals surface area contributed by atoms with Gasteiger partial charge in [0.25, 0.3) is 5.91 Å². The Morgan fingerprint density at radius 1 is 1.00 bits per heavy atom. The Kier molecular flexibility index (Phi) is 5.56. The molecule has 1 N–H and O–H groups in total. The molecule has 4 rings (SSSR count). The Labute approximate surface area is 175 Å². The van der Waals surface area contributed by atoms with Crippen LogP contribution in [-0.2, 0) is 10.0 Å². The number of carbonyl (C=O) groups is 1. The van der Waals surface area contributed by atoms with Gasteiger partial charge >= 0.3 is 0 Å². The van der Waals surface area contributed by atoms with Crippen molar-refractivity contribution in [1.29, 1.82) is 0 Å². The third-order valence-corrected chi connectivity index (χ3v) is 7.01. The normalized spacial score (nSPS) is 15.2. The monoisotopic (exact) mass is 426 g/mol. The van der Waals surface area contributed by atoms with Crippen molar-refractivity contribution >= 4 is 15.9 Å². The lowest BCUT2D eigenvalue weighted by Gasteiger charge is -2.33. The minimum atomic E-state index is -3.55. The van der Waals surface area contributed by atoms with Crippen LogP contribution in [-0.4, -0.2) is 67.0 Å². The van der Waals surface area contributed by atoms with Crippen LogP contribution in [0.15, 0.2) is 65.6 Å². The molecular weight excluding hydrogens is 404 g/mol. The number of aromatic amines is 1. The summed E-state index contributed by atoms with van der Waals surface area (Å²) in [6.45, 7) is 1.12. The van der Waals surface area contributed by atoms with E-state index in [2.05, 4.69) is 10.2 Å². The number of para-hydroxylation sites is 1. The molecule has 3 aromatic rings. The molecule has 1 aliphatic heterocycles. The smallest absolute Gasteiger partial charge is 0.271 e. The second kappa shape index (κ2) is 8.29. The standard InChI is InChI=1S/C21H22N4O4S/c1-29-20-10-6-5-9-17(20)18-15-19(23-22-18)21(26)24-11-13-25(14-12-24)30(27,28)16-7-3-2-4-8-16/h2-10,15H,11-14H2,1H3,(H,22,23). The fourth-order valence-electron chi connectivity index (χ4n) is 3.47. The maximum absolute atomic E-state index is 12.9. The van der Waals surface area contributed by atoms with Crippen LogP contribution in [0.25, 0.3) is 11.3 Å². The highest BCUT2D eigenvalue weighted by Gasteiger charge is 2.31. The molecule has 1 amide bonds. The lowest BCUT2D eigenvalue weighted by molar-refractivity contribution is 0.0692. The summed E-state index contributed by atoms with van der Waals surface area (Å²) in [4.78, 5) is 14.8. The van der Waals surface area contributed by atoms with Crippen LogP contribution in [0.1, 0.15) is 10.5 Å². The molecule has 9 heteroatoms. The third-order valence-electron chi connectivity index (χ3n) is 5.10. The van der Waals surface area contributed by atoms with Gasteiger partial charge in [0.05, 0.1) is 17.7 Å². The van der Waals surface area contributed by atoms with Crippen molar-refractivity contribution in [2.45, 2.75) is 4.90 Å². The van der Waals surface area contributed by atoms with Crippen LogP contribution in [0.2, 0.25) is 0 Å². The summed E-state index contributed by atoms with van der Waals surface area (Å²) in [5.74, 6) is 0.461. The van der Waals surface area contributed by atoms with Gasteiger partial charge in [0.1, 0.15) is 11.4 Å². The number of benzene rings is 2. The SMILES string of the molecule is COc1ccccc1-c1cc(C(=O)N2CCN(S(=O)(=O)c3ccccc3)CC2)[nH]n1. The van der Waals surface area contributed by atoms with Gasteiger partial charge in [-0.2, -0.15) is 9.40 Å². The molecule has 30 heavy (non-hydrogen) atoms. The summed E-state index contributed by atoms with van der Waals surface area (Å²) in [6.07, 6.45) is 0. The van der Waals surface area contributed by atoms with Crippen molar-refractivity contribution in [2.75, 3.05) is 33.3 Å². The molecular formula is C21H22N4O4S. The predicted octanol–water partition coefficient (Wildman–Crippen LogP) is 2.23. The van der Waals surface area contributed by atoms with Gasteiger partial charge in [-0.15, -0.1) is 0 Å². The van der Waals surface area contributed by atoms with E-state index >= 15 is 0 Å². The molecule has 0 bridgehead atoms. The number of hydrogen-bond acceptors (Lipinski definition) is 5. The second-order valence-corrected chi connectivity index (χ2v) is 8.81. The van der Waals surface area contributed by atoms with Crippen LogP contribution < -0.4 is 4.74 Å². The predicted molar refractivity (Wildman–Crippen MR) is 112 cm³/mol. The van der Waals surface area contributed by atoms with Gasteiger partial charge in [0, 0.05) is 31.7 Å². The number of rotatable bonds is 5. The zero-order valence-corrected chi connectivity index (χ0v) is 17.3. The fraction of sp³-hybridized carbons (Fsp3) is 0.238. The summed E-state index contributed by atoms with van der Waals surface area (Å²) >= 11 is 0. The molecule has 0 atom stereocenters. The first-order valence-electron chi connectivity index (χ1n) is 9.54.